The topological polar surface area (TPSA) is 109 Å². The highest BCUT2D eigenvalue weighted by Crippen LogP contribution is 2.36. The van der Waals surface area contributed by atoms with Crippen molar-refractivity contribution in [3.8, 4) is 0 Å². The zero-order valence-electron chi connectivity index (χ0n) is 19.5. The summed E-state index contributed by atoms with van der Waals surface area (Å²) in [5, 5.41) is 20.8. The number of carboxylic acids is 1. The fourth-order valence-corrected chi connectivity index (χ4v) is 4.43. The van der Waals surface area contributed by atoms with E-state index in [4.69, 9.17) is 0 Å². The summed E-state index contributed by atoms with van der Waals surface area (Å²) in [4.78, 5) is 28.7. The van der Waals surface area contributed by atoms with Crippen LogP contribution in [0.1, 0.15) is 69.2 Å². The molecule has 32 heavy (non-hydrogen) atoms. The van der Waals surface area contributed by atoms with E-state index in [0.717, 1.165) is 5.69 Å². The fourth-order valence-electron chi connectivity index (χ4n) is 4.43. The number of carbonyl (C=O) groups is 2. The highest BCUT2D eigenvalue weighted by Gasteiger charge is 2.43. The molecule has 0 aromatic carbocycles. The van der Waals surface area contributed by atoms with Gasteiger partial charge in [0.1, 0.15) is 5.82 Å². The van der Waals surface area contributed by atoms with Crippen molar-refractivity contribution in [2.45, 2.75) is 72.4 Å². The van der Waals surface area contributed by atoms with Crippen molar-refractivity contribution < 1.29 is 19.1 Å². The zero-order valence-corrected chi connectivity index (χ0v) is 19.5. The van der Waals surface area contributed by atoms with Crippen molar-refractivity contribution in [2.24, 2.45) is 5.41 Å². The first-order chi connectivity index (χ1) is 14.8. The van der Waals surface area contributed by atoms with Crippen LogP contribution in [0.15, 0.2) is 12.1 Å². The molecule has 3 heterocycles. The standard InChI is InChI=1S/C23H32FN5O3/c1-13-11-23(21(31)32,7-8-25-13)12-17-20(24)16(15(3)30)10-18(26-17)27-19-9-14(2)29(28-19)22(4,5)6/h9-10,13,25H,7-8,11-12H2,1-6H3,(H,31,32)(H,26,27,28)/t13-,23-/m1/s1. The Hall–Kier alpha value is -2.81. The molecule has 0 bridgehead atoms. The molecule has 1 aliphatic rings. The number of carboxylic acid groups (broad SMARTS) is 1. The maximum absolute atomic E-state index is 15.2. The summed E-state index contributed by atoms with van der Waals surface area (Å²) in [6.45, 7) is 11.7. The maximum atomic E-state index is 15.2. The minimum atomic E-state index is -1.14. The number of anilines is 2. The maximum Gasteiger partial charge on any atom is 0.310 e. The largest absolute Gasteiger partial charge is 0.481 e. The number of hydrogen-bond acceptors (Lipinski definition) is 6. The van der Waals surface area contributed by atoms with E-state index in [9.17, 15) is 14.7 Å². The van der Waals surface area contributed by atoms with Crippen LogP contribution < -0.4 is 10.6 Å². The van der Waals surface area contributed by atoms with Crippen LogP contribution in [0.4, 0.5) is 16.0 Å². The average Bonchev–Trinajstić information content (AvgIpc) is 3.04. The third kappa shape index (κ3) is 4.82. The summed E-state index contributed by atoms with van der Waals surface area (Å²) in [6, 6.07) is 3.18. The summed E-state index contributed by atoms with van der Waals surface area (Å²) in [7, 11) is 0. The van der Waals surface area contributed by atoms with Crippen molar-refractivity contribution in [3.63, 3.8) is 0 Å². The molecule has 0 saturated carbocycles. The predicted octanol–water partition coefficient (Wildman–Crippen LogP) is 3.81. The molecule has 174 valence electrons. The Morgan fingerprint density at radius 1 is 1.34 bits per heavy atom. The number of nitrogens with one attached hydrogen (secondary N) is 2. The first-order valence-corrected chi connectivity index (χ1v) is 10.8. The molecule has 2 atom stereocenters. The van der Waals surface area contributed by atoms with Gasteiger partial charge in [-0.1, -0.05) is 0 Å². The summed E-state index contributed by atoms with van der Waals surface area (Å²) >= 11 is 0. The number of rotatable bonds is 6. The smallest absolute Gasteiger partial charge is 0.310 e. The first kappa shape index (κ1) is 23.8. The van der Waals surface area contributed by atoms with Gasteiger partial charge in [0.15, 0.2) is 17.4 Å². The van der Waals surface area contributed by atoms with Gasteiger partial charge in [-0.3, -0.25) is 14.3 Å². The van der Waals surface area contributed by atoms with E-state index in [-0.39, 0.29) is 35.1 Å². The number of ketones is 1. The van der Waals surface area contributed by atoms with Gasteiger partial charge >= 0.3 is 5.97 Å². The molecular formula is C23H32FN5O3. The molecule has 0 radical (unpaired) electrons. The highest BCUT2D eigenvalue weighted by molar-refractivity contribution is 5.95. The van der Waals surface area contributed by atoms with Gasteiger partial charge in [0, 0.05) is 24.2 Å². The third-order valence-electron chi connectivity index (χ3n) is 5.94. The molecule has 1 saturated heterocycles. The monoisotopic (exact) mass is 445 g/mol. The molecular weight excluding hydrogens is 413 g/mol. The number of nitrogens with zero attached hydrogens (tertiary/aromatic N) is 3. The molecule has 1 fully saturated rings. The van der Waals surface area contributed by atoms with Gasteiger partial charge in [-0.15, -0.1) is 0 Å². The number of aryl methyl sites for hydroxylation is 1. The molecule has 3 rings (SSSR count). The molecule has 9 heteroatoms. The molecule has 0 spiro atoms. The SMILES string of the molecule is CC(=O)c1cc(Nc2cc(C)n(C(C)(C)C)n2)nc(C[C@@]2(C(=O)O)CCN[C@H](C)C2)c1F. The van der Waals surface area contributed by atoms with E-state index >= 15 is 4.39 Å². The number of piperidine rings is 1. The number of carbonyl (C=O) groups excluding carboxylic acids is 1. The lowest BCUT2D eigenvalue weighted by atomic mass is 9.73. The second-order valence-electron chi connectivity index (χ2n) is 9.82. The van der Waals surface area contributed by atoms with E-state index in [0.29, 0.717) is 25.2 Å². The quantitative estimate of drug-likeness (QED) is 0.580. The van der Waals surface area contributed by atoms with Crippen LogP contribution >= 0.6 is 0 Å². The Morgan fingerprint density at radius 3 is 2.56 bits per heavy atom. The van der Waals surface area contributed by atoms with Crippen LogP contribution in [0.25, 0.3) is 0 Å². The van der Waals surface area contributed by atoms with Gasteiger partial charge in [-0.2, -0.15) is 5.10 Å². The molecule has 3 N–H and O–H groups in total. The minimum absolute atomic E-state index is 0.0131. The van der Waals surface area contributed by atoms with E-state index in [1.165, 1.54) is 13.0 Å². The van der Waals surface area contributed by atoms with Crippen molar-refractivity contribution in [2.75, 3.05) is 11.9 Å². The Labute approximate surface area is 187 Å². The first-order valence-electron chi connectivity index (χ1n) is 10.8. The molecule has 2 aromatic heterocycles. The number of aromatic nitrogens is 3. The van der Waals surface area contributed by atoms with E-state index < -0.39 is 23.0 Å². The fraction of sp³-hybridized carbons (Fsp3) is 0.565. The van der Waals surface area contributed by atoms with Crippen molar-refractivity contribution in [1.82, 2.24) is 20.1 Å². The van der Waals surface area contributed by atoms with Crippen LogP contribution in [0.3, 0.4) is 0 Å². The van der Waals surface area contributed by atoms with E-state index in [1.807, 2.05) is 45.4 Å². The summed E-state index contributed by atoms with van der Waals surface area (Å²) in [6.07, 6.45) is 0.618. The lowest BCUT2D eigenvalue weighted by Crippen LogP contribution is -2.48. The Morgan fingerprint density at radius 2 is 2.03 bits per heavy atom. The highest BCUT2D eigenvalue weighted by atomic mass is 19.1. The second kappa shape index (κ2) is 8.61. The van der Waals surface area contributed by atoms with Crippen LogP contribution in [0.2, 0.25) is 0 Å². The Bertz CT molecular complexity index is 1040. The number of hydrogen-bond donors (Lipinski definition) is 3. The molecule has 2 aromatic rings. The van der Waals surface area contributed by atoms with Crippen molar-refractivity contribution in [1.29, 1.82) is 0 Å². The van der Waals surface area contributed by atoms with Crippen LogP contribution in [-0.2, 0) is 16.8 Å². The zero-order chi connectivity index (χ0) is 23.8. The Balaban J connectivity index is 2.01. The number of Topliss-reactive ketones (excluding diaryl/α,β-unsaturated/α-hetero) is 1. The Kier molecular flexibility index (Phi) is 6.42. The lowest BCUT2D eigenvalue weighted by molar-refractivity contribution is -0.151. The minimum Gasteiger partial charge on any atom is -0.481 e. The number of halogens is 1. The molecule has 0 unspecified atom stereocenters. The molecule has 1 aliphatic heterocycles. The number of pyridine rings is 1. The third-order valence-corrected chi connectivity index (χ3v) is 5.94. The second-order valence-corrected chi connectivity index (χ2v) is 9.82. The van der Waals surface area contributed by atoms with Gasteiger partial charge in [-0.05, 0) is 67.0 Å². The van der Waals surface area contributed by atoms with Gasteiger partial charge < -0.3 is 15.7 Å². The van der Waals surface area contributed by atoms with Crippen LogP contribution in [0.5, 0.6) is 0 Å². The normalized spacial score (nSPS) is 21.4. The summed E-state index contributed by atoms with van der Waals surface area (Å²) in [5.74, 6) is -1.41. The van der Waals surface area contributed by atoms with Crippen molar-refractivity contribution in [3.05, 3.63) is 34.9 Å². The average molecular weight is 446 g/mol. The van der Waals surface area contributed by atoms with E-state index in [1.54, 1.807) is 0 Å². The van der Waals surface area contributed by atoms with Gasteiger partial charge in [0.2, 0.25) is 0 Å². The van der Waals surface area contributed by atoms with Gasteiger partial charge in [0.25, 0.3) is 0 Å². The van der Waals surface area contributed by atoms with Crippen molar-refractivity contribution >= 4 is 23.4 Å². The summed E-state index contributed by atoms with van der Waals surface area (Å²) < 4.78 is 17.1. The molecule has 8 nitrogen and oxygen atoms in total. The van der Waals surface area contributed by atoms with E-state index in [2.05, 4.69) is 20.7 Å². The van der Waals surface area contributed by atoms with Gasteiger partial charge in [0.05, 0.1) is 22.2 Å². The van der Waals surface area contributed by atoms with Gasteiger partial charge in [-0.25, -0.2) is 9.37 Å². The summed E-state index contributed by atoms with van der Waals surface area (Å²) in [5.41, 5.74) is -0.580. The molecule has 0 aliphatic carbocycles. The molecule has 0 amide bonds. The van der Waals surface area contributed by atoms with Crippen LogP contribution in [-0.4, -0.2) is 44.2 Å². The van der Waals surface area contributed by atoms with Crippen LogP contribution in [0, 0.1) is 18.2 Å². The number of aliphatic carboxylic acids is 1. The predicted molar refractivity (Wildman–Crippen MR) is 120 cm³/mol. The lowest BCUT2D eigenvalue weighted by Gasteiger charge is -2.37.